The maximum atomic E-state index is 12.9. The first-order valence-electron chi connectivity index (χ1n) is 8.49. The zero-order valence-electron chi connectivity index (χ0n) is 14.5. The molecule has 0 spiro atoms. The van der Waals surface area contributed by atoms with Crippen molar-refractivity contribution in [2.75, 3.05) is 25.5 Å². The Hall–Kier alpha value is -1.09. The van der Waals surface area contributed by atoms with Gasteiger partial charge in [0.1, 0.15) is 16.9 Å². The fourth-order valence-corrected chi connectivity index (χ4v) is 6.34. The molecule has 138 valence electrons. The molecule has 2 aromatic rings. The van der Waals surface area contributed by atoms with Crippen LogP contribution in [0.4, 0.5) is 5.00 Å². The van der Waals surface area contributed by atoms with Crippen molar-refractivity contribution in [3.05, 3.63) is 42.6 Å². The molecular weight excluding hydrogens is 482 g/mol. The molecule has 3 heterocycles. The highest BCUT2D eigenvalue weighted by Gasteiger charge is 2.34. The molecule has 2 N–H and O–H groups in total. The Morgan fingerprint density at radius 1 is 1.35 bits per heavy atom. The van der Waals surface area contributed by atoms with E-state index in [2.05, 4.69) is 54.3 Å². The minimum absolute atomic E-state index is 0.00986. The van der Waals surface area contributed by atoms with Crippen LogP contribution in [0.2, 0.25) is 0 Å². The Bertz CT molecular complexity index is 884. The molecule has 2 aliphatic rings. The van der Waals surface area contributed by atoms with Gasteiger partial charge in [-0.05, 0) is 46.6 Å². The Morgan fingerprint density at radius 2 is 2.15 bits per heavy atom. The summed E-state index contributed by atoms with van der Waals surface area (Å²) in [6.45, 7) is 5.15. The molecule has 0 bridgehead atoms. The number of anilines is 1. The molecule has 1 amide bonds. The lowest BCUT2D eigenvalue weighted by molar-refractivity contribution is 0.0934. The van der Waals surface area contributed by atoms with Crippen LogP contribution in [0, 0.1) is 0 Å². The molecule has 0 saturated carbocycles. The van der Waals surface area contributed by atoms with Crippen LogP contribution < -0.4 is 15.4 Å². The molecule has 0 unspecified atom stereocenters. The number of nitrogens with zero attached hydrogens (tertiary/aromatic N) is 1. The summed E-state index contributed by atoms with van der Waals surface area (Å²) in [5.41, 5.74) is 2.92. The number of nitrogens with one attached hydrogen (secondary N) is 2. The fraction of sp³-hybridized carbons (Fsp3) is 0.389. The molecule has 1 aromatic carbocycles. The van der Waals surface area contributed by atoms with E-state index < -0.39 is 0 Å². The van der Waals surface area contributed by atoms with Crippen LogP contribution in [-0.2, 0) is 13.0 Å². The Morgan fingerprint density at radius 3 is 2.88 bits per heavy atom. The van der Waals surface area contributed by atoms with Gasteiger partial charge in [-0.1, -0.05) is 22.9 Å². The lowest BCUT2D eigenvalue weighted by Gasteiger charge is -2.29. The van der Waals surface area contributed by atoms with Crippen molar-refractivity contribution in [3.8, 4) is 5.75 Å². The molecule has 26 heavy (non-hydrogen) atoms. The number of fused-ring (bicyclic) bond motifs is 3. The Balaban J connectivity index is 1.72. The number of likely N-dealkylation sites (N-methyl/N-ethyl adjacent to an activating group) is 1. The third-order valence-electron chi connectivity index (χ3n) is 4.91. The lowest BCUT2D eigenvalue weighted by atomic mass is 10.00. The fourth-order valence-electron chi connectivity index (χ4n) is 3.60. The van der Waals surface area contributed by atoms with E-state index in [9.17, 15) is 4.79 Å². The molecular formula is C18H19Br2N3O2S. The van der Waals surface area contributed by atoms with Gasteiger partial charge in [0.25, 0.3) is 5.91 Å². The summed E-state index contributed by atoms with van der Waals surface area (Å²) in [6.07, 6.45) is 0.599. The van der Waals surface area contributed by atoms with Crippen LogP contribution in [0.5, 0.6) is 5.75 Å². The van der Waals surface area contributed by atoms with Crippen molar-refractivity contribution in [3.63, 3.8) is 0 Å². The van der Waals surface area contributed by atoms with Crippen molar-refractivity contribution in [1.82, 2.24) is 10.2 Å². The number of halogens is 2. The van der Waals surface area contributed by atoms with Gasteiger partial charge in [0.05, 0.1) is 17.1 Å². The van der Waals surface area contributed by atoms with E-state index in [1.165, 1.54) is 10.4 Å². The van der Waals surface area contributed by atoms with E-state index in [-0.39, 0.29) is 12.1 Å². The van der Waals surface area contributed by atoms with Crippen LogP contribution >= 0.6 is 43.2 Å². The van der Waals surface area contributed by atoms with Crippen molar-refractivity contribution in [2.24, 2.45) is 0 Å². The van der Waals surface area contributed by atoms with Gasteiger partial charge >= 0.3 is 0 Å². The summed E-state index contributed by atoms with van der Waals surface area (Å²) < 4.78 is 7.32. The molecule has 0 fully saturated rings. The first-order valence-corrected chi connectivity index (χ1v) is 10.9. The van der Waals surface area contributed by atoms with Crippen LogP contribution in [0.15, 0.2) is 21.1 Å². The molecule has 2 aliphatic heterocycles. The highest BCUT2D eigenvalue weighted by Crippen LogP contribution is 2.43. The highest BCUT2D eigenvalue weighted by molar-refractivity contribution is 9.11. The smallest absolute Gasteiger partial charge is 0.256 e. The first-order chi connectivity index (χ1) is 12.5. The first kappa shape index (κ1) is 18.3. The van der Waals surface area contributed by atoms with E-state index in [1.807, 2.05) is 12.1 Å². The average molecular weight is 501 g/mol. The summed E-state index contributed by atoms with van der Waals surface area (Å²) >= 11 is 8.76. The van der Waals surface area contributed by atoms with Gasteiger partial charge in [0, 0.05) is 28.0 Å². The number of carbonyl (C=O) groups is 1. The van der Waals surface area contributed by atoms with Crippen LogP contribution in [0.1, 0.15) is 39.5 Å². The van der Waals surface area contributed by atoms with Gasteiger partial charge in [-0.15, -0.1) is 11.3 Å². The van der Waals surface area contributed by atoms with Crippen LogP contribution in [0.3, 0.4) is 0 Å². The number of ether oxygens (including phenoxy) is 1. The summed E-state index contributed by atoms with van der Waals surface area (Å²) in [6, 6.07) is 3.90. The van der Waals surface area contributed by atoms with E-state index in [4.69, 9.17) is 4.74 Å². The van der Waals surface area contributed by atoms with Gasteiger partial charge in [0.2, 0.25) is 0 Å². The number of hydrogen-bond donors (Lipinski definition) is 2. The van der Waals surface area contributed by atoms with Crippen LogP contribution in [0.25, 0.3) is 0 Å². The minimum atomic E-state index is -0.332. The number of benzene rings is 1. The molecule has 0 saturated heterocycles. The number of carbonyl (C=O) groups excluding carboxylic acids is 1. The molecule has 1 atom stereocenters. The van der Waals surface area contributed by atoms with Crippen molar-refractivity contribution < 1.29 is 9.53 Å². The van der Waals surface area contributed by atoms with Gasteiger partial charge in [0.15, 0.2) is 0 Å². The largest absolute Gasteiger partial charge is 0.495 e. The van der Waals surface area contributed by atoms with Gasteiger partial charge in [-0.3, -0.25) is 9.69 Å². The molecule has 8 heteroatoms. The number of methoxy groups -OCH3 is 1. The van der Waals surface area contributed by atoms with Crippen LogP contribution in [-0.4, -0.2) is 31.0 Å². The number of amides is 1. The highest BCUT2D eigenvalue weighted by atomic mass is 79.9. The van der Waals surface area contributed by atoms with E-state index in [0.29, 0.717) is 5.75 Å². The quantitative estimate of drug-likeness (QED) is 0.650. The van der Waals surface area contributed by atoms with E-state index in [0.717, 1.165) is 51.1 Å². The van der Waals surface area contributed by atoms with Crippen molar-refractivity contribution >= 4 is 54.1 Å². The van der Waals surface area contributed by atoms with Crippen molar-refractivity contribution in [2.45, 2.75) is 26.1 Å². The van der Waals surface area contributed by atoms with Gasteiger partial charge in [-0.25, -0.2) is 0 Å². The predicted molar refractivity (Wildman–Crippen MR) is 111 cm³/mol. The monoisotopic (exact) mass is 499 g/mol. The second-order valence-electron chi connectivity index (χ2n) is 6.39. The molecule has 0 aliphatic carbocycles. The SMILES string of the molecule is CCN1CCc2c(sc3c2C(=O)N[C@@H](c2cc(Br)cc(Br)c2OC)N3)C1. The second kappa shape index (κ2) is 7.14. The Labute approximate surface area is 173 Å². The van der Waals surface area contributed by atoms with E-state index in [1.54, 1.807) is 18.4 Å². The van der Waals surface area contributed by atoms with Gasteiger partial charge < -0.3 is 15.4 Å². The lowest BCUT2D eigenvalue weighted by Crippen LogP contribution is -2.39. The van der Waals surface area contributed by atoms with Crippen molar-refractivity contribution in [1.29, 1.82) is 0 Å². The number of thiophene rings is 1. The zero-order valence-corrected chi connectivity index (χ0v) is 18.5. The normalized spacial score (nSPS) is 19.4. The summed E-state index contributed by atoms with van der Waals surface area (Å²) in [5, 5.41) is 7.57. The summed E-state index contributed by atoms with van der Waals surface area (Å²) in [4.78, 5) is 16.6. The third kappa shape index (κ3) is 3.06. The van der Waals surface area contributed by atoms with E-state index >= 15 is 0 Å². The molecule has 5 nitrogen and oxygen atoms in total. The number of hydrogen-bond acceptors (Lipinski definition) is 5. The van der Waals surface area contributed by atoms with Gasteiger partial charge in [-0.2, -0.15) is 0 Å². The Kier molecular flexibility index (Phi) is 5.02. The number of rotatable bonds is 3. The molecule has 0 radical (unpaired) electrons. The standard InChI is InChI=1S/C18H19Br2N3O2S/c1-3-23-5-4-10-13(8-23)26-18-14(10)17(24)21-16(22-18)11-6-9(19)7-12(20)15(11)25-2/h6-7,16,22H,3-5,8H2,1-2H3,(H,21,24)/t16-/m1/s1. The molecule has 4 rings (SSSR count). The topological polar surface area (TPSA) is 53.6 Å². The maximum absolute atomic E-state index is 12.9. The average Bonchev–Trinajstić information content (AvgIpc) is 2.98. The second-order valence-corrected chi connectivity index (χ2v) is 9.26. The summed E-state index contributed by atoms with van der Waals surface area (Å²) in [5.74, 6) is 0.706. The minimum Gasteiger partial charge on any atom is -0.495 e. The maximum Gasteiger partial charge on any atom is 0.256 e. The zero-order chi connectivity index (χ0) is 18.4. The third-order valence-corrected chi connectivity index (χ3v) is 7.11. The summed E-state index contributed by atoms with van der Waals surface area (Å²) in [7, 11) is 1.64. The predicted octanol–water partition coefficient (Wildman–Crippen LogP) is 4.51. The molecule has 1 aromatic heterocycles.